The number of nitrogens with one attached hydrogen (secondary N) is 9. The first-order valence-corrected chi connectivity index (χ1v) is 48.7. The van der Waals surface area contributed by atoms with Crippen LogP contribution in [0.15, 0.2) is 97.2 Å². The van der Waals surface area contributed by atoms with Crippen molar-refractivity contribution < 1.29 is 100 Å². The zero-order valence-electron chi connectivity index (χ0n) is 83.3. The molecule has 0 spiro atoms. The topological polar surface area (TPSA) is 477 Å². The number of aliphatic hydroxyl groups is 1. The molecule has 4 heterocycles. The van der Waals surface area contributed by atoms with E-state index >= 15 is 0 Å². The van der Waals surface area contributed by atoms with Gasteiger partial charge in [0.1, 0.15) is 48.2 Å². The van der Waals surface area contributed by atoms with Gasteiger partial charge in [0.15, 0.2) is 0 Å². The number of aliphatic hydroxyl groups excluding tert-OH is 1. The molecule has 0 bridgehead atoms. The number of nitrogens with zero attached hydrogens (tertiary/aromatic N) is 6. The van der Waals surface area contributed by atoms with Crippen LogP contribution in [-0.4, -0.2) is 302 Å². The molecular weight excluding hydrogens is 1810 g/mol. The first kappa shape index (κ1) is 113. The molecule has 0 radical (unpaired) electrons. The Labute approximate surface area is 821 Å². The number of aryl methyl sites for hydroxylation is 1. The van der Waals surface area contributed by atoms with Gasteiger partial charge in [0.25, 0.3) is 0 Å². The highest BCUT2D eigenvalue weighted by atomic mass is 35.5. The fourth-order valence-electron chi connectivity index (χ4n) is 17.2. The van der Waals surface area contributed by atoms with Gasteiger partial charge in [0, 0.05) is 109 Å². The summed E-state index contributed by atoms with van der Waals surface area (Å²) in [6.45, 7) is 25.3. The molecule has 768 valence electrons. The van der Waals surface area contributed by atoms with Gasteiger partial charge in [-0.1, -0.05) is 129 Å². The van der Waals surface area contributed by atoms with Crippen LogP contribution >= 0.6 is 11.6 Å². The number of primary amides is 1. The number of hydrogen-bond acceptors (Lipinski definition) is 25. The number of nitrogens with two attached hydrogens (primary N) is 2. The molecule has 11 amide bonds. The summed E-state index contributed by atoms with van der Waals surface area (Å²) in [6, 6.07) is 19.0. The van der Waals surface area contributed by atoms with E-state index in [9.17, 15) is 57.4 Å². The Morgan fingerprint density at radius 1 is 0.655 bits per heavy atom. The first-order valence-electron chi connectivity index (χ1n) is 48.4. The summed E-state index contributed by atoms with van der Waals surface area (Å²) in [7, 11) is 6.08. The van der Waals surface area contributed by atoms with E-state index in [0.29, 0.717) is 142 Å². The number of piperidine rings is 1. The van der Waals surface area contributed by atoms with E-state index in [1.807, 2.05) is 57.2 Å². The van der Waals surface area contributed by atoms with Gasteiger partial charge in [-0.05, 0) is 141 Å². The van der Waals surface area contributed by atoms with Crippen LogP contribution in [0, 0.1) is 42.3 Å². The summed E-state index contributed by atoms with van der Waals surface area (Å²) in [5.41, 5.74) is 18.4. The van der Waals surface area contributed by atoms with Crippen molar-refractivity contribution >= 4 is 99.2 Å². The lowest BCUT2D eigenvalue weighted by molar-refractivity contribution is -0.148. The number of methoxy groups -OCH3 is 2. The second kappa shape index (κ2) is 58.4. The molecule has 2 fully saturated rings. The van der Waals surface area contributed by atoms with Gasteiger partial charge in [-0.15, -0.1) is 0 Å². The zero-order valence-corrected chi connectivity index (χ0v) is 84.0. The number of aromatic amines is 1. The number of fused-ring (bicyclic) bond motifs is 1. The molecule has 6 aromatic rings. The number of imidazole rings is 1. The van der Waals surface area contributed by atoms with E-state index in [4.69, 9.17) is 75.7 Å². The maximum atomic E-state index is 15.0. The van der Waals surface area contributed by atoms with Crippen molar-refractivity contribution in [2.45, 2.75) is 214 Å². The normalized spacial score (nSPS) is 15.9. The fourth-order valence-corrected chi connectivity index (χ4v) is 17.4. The van der Waals surface area contributed by atoms with Crippen LogP contribution < -0.4 is 58.9 Å². The van der Waals surface area contributed by atoms with Crippen molar-refractivity contribution in [3.8, 4) is 22.5 Å². The molecule has 4 aromatic carbocycles. The summed E-state index contributed by atoms with van der Waals surface area (Å²) in [4.78, 5) is 157. The highest BCUT2D eigenvalue weighted by Gasteiger charge is 2.45. The Kier molecular flexibility index (Phi) is 47.7. The van der Waals surface area contributed by atoms with E-state index in [2.05, 4.69) is 52.4 Å². The lowest BCUT2D eigenvalue weighted by Crippen LogP contribution is -2.60. The van der Waals surface area contributed by atoms with E-state index in [1.165, 1.54) is 38.3 Å². The Morgan fingerprint density at radius 3 is 1.86 bits per heavy atom. The van der Waals surface area contributed by atoms with Crippen molar-refractivity contribution in [2.75, 3.05) is 162 Å². The maximum absolute atomic E-state index is 15.0. The predicted octanol–water partition coefficient (Wildman–Crippen LogP) is 9.33. The Hall–Kier alpha value is -10.8. The van der Waals surface area contributed by atoms with Gasteiger partial charge in [0.2, 0.25) is 47.3 Å². The average Bonchev–Trinajstić information content (AvgIpc) is 1.67. The summed E-state index contributed by atoms with van der Waals surface area (Å²) in [6.07, 6.45) is 2.18. The van der Waals surface area contributed by atoms with Gasteiger partial charge in [-0.3, -0.25) is 43.3 Å². The minimum absolute atomic E-state index is 0.0328. The lowest BCUT2D eigenvalue weighted by Gasteiger charge is -2.41. The van der Waals surface area contributed by atoms with Crippen LogP contribution in [0.1, 0.15) is 156 Å². The number of pyridine rings is 1. The molecule has 2 aliphatic rings. The number of amides is 11. The molecule has 0 saturated carbocycles. The van der Waals surface area contributed by atoms with Crippen molar-refractivity contribution in [1.82, 2.24) is 61.6 Å². The number of hydrogen-bond donors (Lipinski definition) is 12. The maximum Gasteiger partial charge on any atom is 0.410 e. The number of halogens is 2. The SMILES string of the molecule is CC[C@@H](C)[C@H]([C@H](CC(=O)N1CCC[C@@H]1[C@@H](OC)[C@H](C)C(=O)N[C@@H](C)[C@H](O)c1ccccc1)OC)N(C)C(=O)C(NC(=O)[C@@H](C(C)C)N(C)C(=O)OCc1ccc(NC(=O)[C@H](CCCNC(N)=O)NC(=O)[C@@H](NC(=O)CCOCCOCCOCCOCCOCCOCCC(=O)NCCNc2ncc(-c3cc(C)cc(F)c3)c(N3CCC(N)CC3)c2-c2nc3ccc(Cl)cc3[nH]2)C(C)C)cc1)C(C)C. The summed E-state index contributed by atoms with van der Waals surface area (Å²) in [5.74, 6) is -4.93. The van der Waals surface area contributed by atoms with Gasteiger partial charge in [0.05, 0.1) is 150 Å². The van der Waals surface area contributed by atoms with Crippen molar-refractivity contribution in [2.24, 2.45) is 41.1 Å². The molecule has 14 N–H and O–H groups in total. The monoisotopic (exact) mass is 1960 g/mol. The van der Waals surface area contributed by atoms with Crippen LogP contribution in [0.5, 0.6) is 0 Å². The van der Waals surface area contributed by atoms with Gasteiger partial charge >= 0.3 is 12.1 Å². The number of anilines is 3. The second-order valence-corrected chi connectivity index (χ2v) is 37.0. The van der Waals surface area contributed by atoms with Crippen molar-refractivity contribution in [3.05, 3.63) is 125 Å². The molecule has 12 atom stereocenters. The van der Waals surface area contributed by atoms with Gasteiger partial charge in [-0.25, -0.2) is 23.9 Å². The number of likely N-dealkylation sites (tertiary alicyclic amines) is 1. The molecule has 139 heavy (non-hydrogen) atoms. The van der Waals surface area contributed by atoms with Crippen LogP contribution in [0.25, 0.3) is 33.5 Å². The summed E-state index contributed by atoms with van der Waals surface area (Å²) < 4.78 is 66.6. The second-order valence-electron chi connectivity index (χ2n) is 36.6. The molecule has 39 heteroatoms. The minimum atomic E-state index is -1.14. The molecular formula is C100H149ClFN17O20. The molecule has 0 aliphatic carbocycles. The van der Waals surface area contributed by atoms with E-state index < -0.39 is 126 Å². The minimum Gasteiger partial charge on any atom is -0.445 e. The molecule has 8 rings (SSSR count). The molecule has 1 unspecified atom stereocenters. The number of H-pyrrole nitrogens is 1. The predicted molar refractivity (Wildman–Crippen MR) is 529 cm³/mol. The van der Waals surface area contributed by atoms with E-state index in [0.717, 1.165) is 35.2 Å². The third-order valence-electron chi connectivity index (χ3n) is 25.0. The number of urea groups is 1. The lowest BCUT2D eigenvalue weighted by atomic mass is 9.89. The zero-order chi connectivity index (χ0) is 101. The highest BCUT2D eigenvalue weighted by molar-refractivity contribution is 6.31. The smallest absolute Gasteiger partial charge is 0.410 e. The van der Waals surface area contributed by atoms with Crippen molar-refractivity contribution in [3.63, 3.8) is 0 Å². The number of carbonyl (C=O) groups is 10. The Morgan fingerprint density at radius 2 is 1.27 bits per heavy atom. The highest BCUT2D eigenvalue weighted by Crippen LogP contribution is 2.44. The molecule has 37 nitrogen and oxygen atoms in total. The van der Waals surface area contributed by atoms with Gasteiger partial charge in [-0.2, -0.15) is 0 Å². The number of ether oxygens (including phenoxy) is 9. The number of likely N-dealkylation sites (N-methyl/N-ethyl adjacent to an activating group) is 2. The Balaban J connectivity index is 0.685. The fraction of sp³-hybridized carbons (Fsp3) is 0.600. The van der Waals surface area contributed by atoms with Crippen LogP contribution in [0.3, 0.4) is 0 Å². The van der Waals surface area contributed by atoms with Crippen LogP contribution in [-0.2, 0) is 87.6 Å². The number of benzene rings is 4. The molecule has 2 aromatic heterocycles. The van der Waals surface area contributed by atoms with E-state index in [1.54, 1.807) is 121 Å². The first-order chi connectivity index (χ1) is 66.5. The van der Waals surface area contributed by atoms with Crippen molar-refractivity contribution in [1.29, 1.82) is 0 Å². The summed E-state index contributed by atoms with van der Waals surface area (Å²) >= 11 is 6.39. The number of carbonyl (C=O) groups excluding carboxylic acids is 10. The quantitative estimate of drug-likeness (QED) is 0.0158. The number of aromatic nitrogens is 3. The van der Waals surface area contributed by atoms with Gasteiger partial charge < -0.3 is 121 Å². The van der Waals surface area contributed by atoms with Crippen LogP contribution in [0.2, 0.25) is 5.02 Å². The van der Waals surface area contributed by atoms with E-state index in [-0.39, 0.29) is 120 Å². The standard InChI is InChI=1S/C100H149ClFN17O20/c1-16-65(9)88(80(131-14)58-83(122)119-39-21-25-79(119)91(132-15)66(10)94(124)109-67(11)90(123)69-22-18-17-19-23-69)116(12)98(128)86(62(4)5)115-97(127)87(63(6)7)117(13)100(130)139-60-68-26-29-74(30-27-68)110-95(125)77(24-20-36-107-99(104)129)113-96(126)85(61(2)3)114-82(121)35-43-134-45-47-136-49-51-138-53-52-137-50-48-135-46-44-133-42-34-81(120)105-37-38-106-92-84(93-111-76-31-28-71(101)57-78(76)112-93)89(118-40-32-73(103)33-41-118)75(59-108-92)70-54-64(8)55-72(102)56-70/h17-19,22-23,26-31,54-57,59,61-63,65-67,73,77,79-80,85-88,90-91,123H,16,20-21,24-25,32-53,58,60,103H2,1-15H3,(H,105,120)(H,106,108)(H,109,124)(H,110,125)(H,111,112)(H,113,126)(H,114,121)(H,115,127)(H3,104,107,129)/t65-,66+,67+,77+,79-,80+,85+,86?,87-,88-,90+,91+/m1/s1. The Bertz CT molecular complexity index is 4860. The third kappa shape index (κ3) is 35.4. The summed E-state index contributed by atoms with van der Waals surface area (Å²) in [5, 5.41) is 34.7. The number of rotatable bonds is 60. The molecule has 2 saturated heterocycles. The largest absolute Gasteiger partial charge is 0.445 e. The third-order valence-corrected chi connectivity index (χ3v) is 25.3. The van der Waals surface area contributed by atoms with Crippen LogP contribution in [0.4, 0.5) is 31.2 Å². The molecule has 2 aliphatic heterocycles. The average molecular weight is 1960 g/mol.